The number of aryl methyl sites for hydroxylation is 2. The summed E-state index contributed by atoms with van der Waals surface area (Å²) in [4.78, 5) is 3.75. The van der Waals surface area contributed by atoms with Gasteiger partial charge in [-0.05, 0) is 49.1 Å². The number of fused-ring (bicyclic) bond motifs is 1. The topological polar surface area (TPSA) is 73.8 Å². The average Bonchev–Trinajstić information content (AvgIpc) is 3.23. The van der Waals surface area contributed by atoms with Gasteiger partial charge in [-0.1, -0.05) is 6.07 Å². The van der Waals surface area contributed by atoms with Gasteiger partial charge < -0.3 is 0 Å². The minimum atomic E-state index is -0.447. The van der Waals surface area contributed by atoms with Crippen LogP contribution in [0.1, 0.15) is 35.3 Å². The first-order valence-electron chi connectivity index (χ1n) is 8.45. The van der Waals surface area contributed by atoms with Crippen LogP contribution in [0.15, 0.2) is 36.5 Å². The minimum Gasteiger partial charge on any atom is -0.266 e. The lowest BCUT2D eigenvalue weighted by molar-refractivity contribution is 0.582. The molecule has 0 bridgehead atoms. The lowest BCUT2D eigenvalue weighted by Gasteiger charge is -2.01. The molecule has 1 aliphatic rings. The fraction of sp³-hybridized carbons (Fsp3) is 0.278. The molecule has 0 saturated heterocycles. The van der Waals surface area contributed by atoms with E-state index in [4.69, 9.17) is 0 Å². The Morgan fingerprint density at radius 2 is 1.96 bits per heavy atom. The normalized spacial score (nSPS) is 19.2. The van der Waals surface area contributed by atoms with Crippen LogP contribution in [0.25, 0.3) is 17.0 Å². The lowest BCUT2D eigenvalue weighted by Crippen LogP contribution is -2.00. The summed E-state index contributed by atoms with van der Waals surface area (Å²) < 4.78 is 16.6. The Bertz CT molecular complexity index is 1110. The van der Waals surface area contributed by atoms with Crippen molar-refractivity contribution in [3.63, 3.8) is 0 Å². The molecule has 0 aromatic carbocycles. The van der Waals surface area contributed by atoms with Gasteiger partial charge in [0.15, 0.2) is 11.5 Å². The maximum absolute atomic E-state index is 13.0. The molecular weight excluding hydrogens is 333 g/mol. The van der Waals surface area contributed by atoms with E-state index in [9.17, 15) is 4.39 Å². The molecule has 8 heteroatoms. The van der Waals surface area contributed by atoms with Gasteiger partial charge in [0.05, 0.1) is 11.4 Å². The van der Waals surface area contributed by atoms with Crippen molar-refractivity contribution in [2.75, 3.05) is 0 Å². The molecule has 2 unspecified atom stereocenters. The second-order valence-corrected chi connectivity index (χ2v) is 6.68. The van der Waals surface area contributed by atoms with E-state index in [-0.39, 0.29) is 0 Å². The van der Waals surface area contributed by atoms with Crippen LogP contribution in [0.2, 0.25) is 0 Å². The highest BCUT2D eigenvalue weighted by Gasteiger charge is 2.41. The summed E-state index contributed by atoms with van der Waals surface area (Å²) in [5.74, 6) is 0.983. The maximum Gasteiger partial charge on any atom is 0.212 e. The third-order valence-electron chi connectivity index (χ3n) is 4.93. The molecule has 1 saturated carbocycles. The van der Waals surface area contributed by atoms with Crippen LogP contribution >= 0.6 is 0 Å². The van der Waals surface area contributed by atoms with E-state index in [1.165, 1.54) is 6.07 Å². The van der Waals surface area contributed by atoms with Gasteiger partial charge in [0, 0.05) is 19.2 Å². The zero-order valence-corrected chi connectivity index (χ0v) is 14.3. The third kappa shape index (κ3) is 2.37. The standard InChI is InChI=1S/C18H16FN7/c1-10-21-22-18-6-4-14(24-26(10)18)16-8-15(23-25(16)2)13-7-12(13)11-3-5-17(19)20-9-11/h3-6,8-9,12-13H,7H2,1-2H3. The van der Waals surface area contributed by atoms with Gasteiger partial charge in [-0.2, -0.15) is 19.1 Å². The van der Waals surface area contributed by atoms with Crippen LogP contribution in [0.5, 0.6) is 0 Å². The second kappa shape index (κ2) is 5.42. The summed E-state index contributed by atoms with van der Waals surface area (Å²) in [5, 5.41) is 17.4. The van der Waals surface area contributed by atoms with E-state index in [1.54, 1.807) is 16.8 Å². The first kappa shape index (κ1) is 15.1. The predicted octanol–water partition coefficient (Wildman–Crippen LogP) is 2.64. The van der Waals surface area contributed by atoms with Gasteiger partial charge in [-0.3, -0.25) is 4.68 Å². The Balaban J connectivity index is 1.46. The Morgan fingerprint density at radius 3 is 2.77 bits per heavy atom. The van der Waals surface area contributed by atoms with Crippen LogP contribution in [-0.4, -0.2) is 34.6 Å². The molecule has 26 heavy (non-hydrogen) atoms. The van der Waals surface area contributed by atoms with Crippen LogP contribution in [0.4, 0.5) is 4.39 Å². The van der Waals surface area contributed by atoms with Crippen molar-refractivity contribution < 1.29 is 4.39 Å². The highest BCUT2D eigenvalue weighted by molar-refractivity contribution is 5.57. The zero-order chi connectivity index (χ0) is 17.8. The van der Waals surface area contributed by atoms with Crippen LogP contribution in [-0.2, 0) is 7.05 Å². The fourth-order valence-electron chi connectivity index (χ4n) is 3.44. The Kier molecular flexibility index (Phi) is 3.15. The average molecular weight is 349 g/mol. The van der Waals surface area contributed by atoms with Gasteiger partial charge in [0.1, 0.15) is 5.69 Å². The van der Waals surface area contributed by atoms with Gasteiger partial charge in [0.2, 0.25) is 5.95 Å². The predicted molar refractivity (Wildman–Crippen MR) is 92.0 cm³/mol. The molecule has 0 N–H and O–H groups in total. The molecule has 0 radical (unpaired) electrons. The quantitative estimate of drug-likeness (QED) is 0.532. The molecular formula is C18H16FN7. The highest BCUT2D eigenvalue weighted by Crippen LogP contribution is 2.54. The van der Waals surface area contributed by atoms with E-state index in [0.29, 0.717) is 11.8 Å². The highest BCUT2D eigenvalue weighted by atomic mass is 19.1. The summed E-state index contributed by atoms with van der Waals surface area (Å²) in [6, 6.07) is 9.13. The third-order valence-corrected chi connectivity index (χ3v) is 4.93. The zero-order valence-electron chi connectivity index (χ0n) is 14.3. The number of nitrogens with zero attached hydrogens (tertiary/aromatic N) is 7. The van der Waals surface area contributed by atoms with Gasteiger partial charge in [0.25, 0.3) is 0 Å². The maximum atomic E-state index is 13.0. The Morgan fingerprint density at radius 1 is 1.08 bits per heavy atom. The van der Waals surface area contributed by atoms with E-state index in [0.717, 1.165) is 40.5 Å². The van der Waals surface area contributed by atoms with Crippen molar-refractivity contribution in [2.45, 2.75) is 25.2 Å². The van der Waals surface area contributed by atoms with E-state index in [2.05, 4.69) is 31.4 Å². The fourth-order valence-corrected chi connectivity index (χ4v) is 3.44. The lowest BCUT2D eigenvalue weighted by atomic mass is 10.1. The van der Waals surface area contributed by atoms with Gasteiger partial charge >= 0.3 is 0 Å². The molecule has 5 rings (SSSR count). The number of halogens is 1. The first-order chi connectivity index (χ1) is 12.6. The Labute approximate surface area is 148 Å². The molecule has 0 spiro atoms. The van der Waals surface area contributed by atoms with Crippen molar-refractivity contribution in [1.29, 1.82) is 0 Å². The minimum absolute atomic E-state index is 0.336. The van der Waals surface area contributed by atoms with Crippen molar-refractivity contribution >= 4 is 5.65 Å². The monoisotopic (exact) mass is 349 g/mol. The largest absolute Gasteiger partial charge is 0.266 e. The van der Waals surface area contributed by atoms with Crippen LogP contribution in [0.3, 0.4) is 0 Å². The number of pyridine rings is 1. The molecule has 130 valence electrons. The van der Waals surface area contributed by atoms with E-state index < -0.39 is 5.95 Å². The second-order valence-electron chi connectivity index (χ2n) is 6.68. The molecule has 4 aromatic rings. The summed E-state index contributed by atoms with van der Waals surface area (Å²) in [7, 11) is 1.92. The summed E-state index contributed by atoms with van der Waals surface area (Å²) >= 11 is 0. The molecule has 1 aliphatic carbocycles. The first-order valence-corrected chi connectivity index (χ1v) is 8.45. The number of hydrogen-bond donors (Lipinski definition) is 0. The summed E-state index contributed by atoms with van der Waals surface area (Å²) in [6.07, 6.45) is 2.62. The molecule has 4 aromatic heterocycles. The van der Waals surface area contributed by atoms with Crippen molar-refractivity contribution in [3.05, 3.63) is 59.6 Å². The van der Waals surface area contributed by atoms with Crippen molar-refractivity contribution in [1.82, 2.24) is 34.6 Å². The molecule has 0 aliphatic heterocycles. The van der Waals surface area contributed by atoms with E-state index in [1.807, 2.05) is 30.8 Å². The van der Waals surface area contributed by atoms with Crippen molar-refractivity contribution in [3.8, 4) is 11.4 Å². The molecule has 0 amide bonds. The Hall–Kier alpha value is -3.16. The molecule has 4 heterocycles. The molecule has 1 fully saturated rings. The van der Waals surface area contributed by atoms with Crippen LogP contribution < -0.4 is 0 Å². The molecule has 2 atom stereocenters. The molecule has 7 nitrogen and oxygen atoms in total. The van der Waals surface area contributed by atoms with Crippen LogP contribution in [0, 0.1) is 12.9 Å². The number of rotatable bonds is 3. The summed E-state index contributed by atoms with van der Waals surface area (Å²) in [6.45, 7) is 1.87. The SMILES string of the molecule is Cc1nnc2ccc(-c3cc(C4CC4c4ccc(F)nc4)nn3C)nn12. The van der Waals surface area contributed by atoms with E-state index >= 15 is 0 Å². The van der Waals surface area contributed by atoms with Gasteiger partial charge in [-0.15, -0.1) is 10.2 Å². The number of aromatic nitrogens is 7. The summed E-state index contributed by atoms with van der Waals surface area (Å²) in [5.41, 5.74) is 4.57. The smallest absolute Gasteiger partial charge is 0.212 e. The number of hydrogen-bond acceptors (Lipinski definition) is 5. The van der Waals surface area contributed by atoms with Gasteiger partial charge in [-0.25, -0.2) is 4.98 Å². The van der Waals surface area contributed by atoms with Crippen molar-refractivity contribution in [2.24, 2.45) is 7.05 Å².